The van der Waals surface area contributed by atoms with E-state index in [-0.39, 0.29) is 11.9 Å². The van der Waals surface area contributed by atoms with Gasteiger partial charge >= 0.3 is 5.97 Å². The molecule has 2 rings (SSSR count). The van der Waals surface area contributed by atoms with E-state index in [0.717, 1.165) is 44.9 Å². The fraction of sp³-hybridized carbons (Fsp3) is 0.654. The van der Waals surface area contributed by atoms with Crippen molar-refractivity contribution in [3.63, 3.8) is 0 Å². The molecule has 30 heavy (non-hydrogen) atoms. The van der Waals surface area contributed by atoms with E-state index in [1.54, 1.807) is 0 Å². The molecule has 0 unspecified atom stereocenters. The first-order chi connectivity index (χ1) is 14.3. The second-order valence-electron chi connectivity index (χ2n) is 9.32. The van der Waals surface area contributed by atoms with E-state index >= 15 is 0 Å². The van der Waals surface area contributed by atoms with Crippen LogP contribution in [0.25, 0.3) is 0 Å². The summed E-state index contributed by atoms with van der Waals surface area (Å²) in [6, 6.07) is 0. The first kappa shape index (κ1) is 24.5. The first-order valence-electron chi connectivity index (χ1n) is 11.5. The van der Waals surface area contributed by atoms with Crippen molar-refractivity contribution in [2.24, 2.45) is 23.7 Å². The van der Waals surface area contributed by atoms with E-state index in [1.165, 1.54) is 30.8 Å². The number of esters is 1. The molecule has 1 fully saturated rings. The summed E-state index contributed by atoms with van der Waals surface area (Å²) in [6.45, 7) is 6.54. The summed E-state index contributed by atoms with van der Waals surface area (Å²) in [4.78, 5) is 11.1. The Hall–Kier alpha value is -1.81. The molecule has 0 bridgehead atoms. The summed E-state index contributed by atoms with van der Waals surface area (Å²) in [7, 11) is 1.38. The Kier molecular flexibility index (Phi) is 9.90. The number of aliphatic hydroxyl groups is 2. The molecule has 0 radical (unpaired) electrons. The van der Waals surface area contributed by atoms with Gasteiger partial charge in [0.1, 0.15) is 0 Å². The van der Waals surface area contributed by atoms with Crippen LogP contribution >= 0.6 is 0 Å². The summed E-state index contributed by atoms with van der Waals surface area (Å²) in [5.41, 5.74) is 2.74. The van der Waals surface area contributed by atoms with Gasteiger partial charge in [0, 0.05) is 12.0 Å². The molecule has 2 N–H and O–H groups in total. The molecule has 0 heterocycles. The van der Waals surface area contributed by atoms with Gasteiger partial charge in [0.25, 0.3) is 0 Å². The fourth-order valence-electron chi connectivity index (χ4n) is 4.87. The average molecular weight is 417 g/mol. The molecule has 0 saturated heterocycles. The van der Waals surface area contributed by atoms with Crippen LogP contribution in [0.1, 0.15) is 72.1 Å². The van der Waals surface area contributed by atoms with Crippen molar-refractivity contribution in [3.05, 3.63) is 47.3 Å². The molecule has 2 aliphatic carbocycles. The number of hydrogen-bond donors (Lipinski definition) is 2. The molecule has 0 spiro atoms. The van der Waals surface area contributed by atoms with Crippen LogP contribution < -0.4 is 0 Å². The van der Waals surface area contributed by atoms with E-state index in [0.29, 0.717) is 23.5 Å². The summed E-state index contributed by atoms with van der Waals surface area (Å²) < 4.78 is 4.61. The summed E-state index contributed by atoms with van der Waals surface area (Å²) in [5.74, 6) is 1.19. The summed E-state index contributed by atoms with van der Waals surface area (Å²) in [5, 5.41) is 21.3. The van der Waals surface area contributed by atoms with Gasteiger partial charge in [-0.3, -0.25) is 0 Å². The summed E-state index contributed by atoms with van der Waals surface area (Å²) >= 11 is 0. The molecule has 0 aliphatic heterocycles. The van der Waals surface area contributed by atoms with E-state index in [4.69, 9.17) is 0 Å². The Morgan fingerprint density at radius 3 is 2.60 bits per heavy atom. The normalized spacial score (nSPS) is 27.1. The molecule has 0 aromatic rings. The highest BCUT2D eigenvalue weighted by atomic mass is 16.5. The predicted octanol–water partition coefficient (Wildman–Crippen LogP) is 6.04. The molecule has 0 amide bonds. The first-order valence-corrected chi connectivity index (χ1v) is 11.5. The van der Waals surface area contributed by atoms with Crippen LogP contribution in [0.15, 0.2) is 47.3 Å². The maximum atomic E-state index is 11.1. The second-order valence-corrected chi connectivity index (χ2v) is 9.32. The third-order valence-electron chi connectivity index (χ3n) is 6.54. The smallest absolute Gasteiger partial charge is 0.330 e. The maximum Gasteiger partial charge on any atom is 0.330 e. The number of rotatable bonds is 11. The highest BCUT2D eigenvalue weighted by molar-refractivity contribution is 5.81. The largest absolute Gasteiger partial charge is 0.512 e. The molecule has 1 saturated carbocycles. The maximum absolute atomic E-state index is 11.1. The van der Waals surface area contributed by atoms with Crippen molar-refractivity contribution >= 4 is 5.97 Å². The number of carbonyl (C=O) groups is 1. The van der Waals surface area contributed by atoms with Crippen LogP contribution in [-0.4, -0.2) is 29.4 Å². The van der Waals surface area contributed by atoms with E-state index < -0.39 is 6.10 Å². The highest BCUT2D eigenvalue weighted by Gasteiger charge is 2.46. The van der Waals surface area contributed by atoms with Gasteiger partial charge in [-0.1, -0.05) is 36.3 Å². The minimum Gasteiger partial charge on any atom is -0.512 e. The zero-order valence-electron chi connectivity index (χ0n) is 19.1. The lowest BCUT2D eigenvalue weighted by atomic mass is 9.87. The number of fused-ring (bicyclic) bond motifs is 1. The molecule has 5 atom stereocenters. The van der Waals surface area contributed by atoms with Crippen LogP contribution in [0.3, 0.4) is 0 Å². The minimum absolute atomic E-state index is 0.143. The minimum atomic E-state index is -0.455. The van der Waals surface area contributed by atoms with Gasteiger partial charge in [0.05, 0.1) is 19.0 Å². The Bertz CT molecular complexity index is 681. The van der Waals surface area contributed by atoms with Crippen LogP contribution in [0.4, 0.5) is 0 Å². The number of allylic oxidation sites excluding steroid dienone is 6. The van der Waals surface area contributed by atoms with E-state index in [2.05, 4.69) is 37.7 Å². The summed E-state index contributed by atoms with van der Waals surface area (Å²) in [6.07, 6.45) is 17.0. The van der Waals surface area contributed by atoms with Crippen molar-refractivity contribution in [2.45, 2.75) is 78.2 Å². The average Bonchev–Trinajstić information content (AvgIpc) is 3.20. The van der Waals surface area contributed by atoms with Gasteiger partial charge in [-0.25, -0.2) is 4.79 Å². The standard InChI is InChI=1S/C26H40O4/c1-18(2)9-7-10-19(3)11-8-13-23(27)26-22-16-20(15-21(22)17-24(26)28)12-5-6-14-25(29)30-4/h6,9,13-15,19,21-22,24,26-28H,5,7-8,10-12,16-17H2,1-4H3/t19-,21-,22-,24+,26-/m1/s1. The Morgan fingerprint density at radius 2 is 1.93 bits per heavy atom. The second kappa shape index (κ2) is 12.1. The molecule has 2 aliphatic rings. The van der Waals surface area contributed by atoms with Crippen LogP contribution in [-0.2, 0) is 9.53 Å². The van der Waals surface area contributed by atoms with Crippen molar-refractivity contribution in [1.29, 1.82) is 0 Å². The fourth-order valence-corrected chi connectivity index (χ4v) is 4.87. The van der Waals surface area contributed by atoms with Crippen molar-refractivity contribution < 1.29 is 19.7 Å². The quantitative estimate of drug-likeness (QED) is 0.186. The Balaban J connectivity index is 1.81. The molecule has 0 aromatic carbocycles. The lowest BCUT2D eigenvalue weighted by Gasteiger charge is -2.21. The lowest BCUT2D eigenvalue weighted by Crippen LogP contribution is -2.21. The third kappa shape index (κ3) is 7.46. The number of carbonyl (C=O) groups excluding carboxylic acids is 1. The van der Waals surface area contributed by atoms with Gasteiger partial charge < -0.3 is 14.9 Å². The zero-order chi connectivity index (χ0) is 22.1. The van der Waals surface area contributed by atoms with Gasteiger partial charge in [-0.2, -0.15) is 0 Å². The molecule has 4 nitrogen and oxygen atoms in total. The molecule has 0 aromatic heterocycles. The molecular formula is C26H40O4. The van der Waals surface area contributed by atoms with Crippen molar-refractivity contribution in [3.8, 4) is 0 Å². The van der Waals surface area contributed by atoms with Crippen LogP contribution in [0.5, 0.6) is 0 Å². The van der Waals surface area contributed by atoms with Gasteiger partial charge in [-0.15, -0.1) is 0 Å². The SMILES string of the molecule is COC(=O)C=CCCC1=C[C@@H]2C[C@H](O)[C@@H](C(O)=CCC[C@H](C)CCC=C(C)C)[C@@H]2C1. The van der Waals surface area contributed by atoms with Gasteiger partial charge in [-0.05, 0) is 89.0 Å². The topological polar surface area (TPSA) is 66.8 Å². The lowest BCUT2D eigenvalue weighted by molar-refractivity contribution is -0.134. The predicted molar refractivity (Wildman–Crippen MR) is 122 cm³/mol. The van der Waals surface area contributed by atoms with E-state index in [9.17, 15) is 15.0 Å². The number of ether oxygens (including phenoxy) is 1. The number of aliphatic hydroxyl groups excluding tert-OH is 2. The van der Waals surface area contributed by atoms with Crippen LogP contribution in [0, 0.1) is 23.7 Å². The van der Waals surface area contributed by atoms with Crippen molar-refractivity contribution in [1.82, 2.24) is 0 Å². The highest BCUT2D eigenvalue weighted by Crippen LogP contribution is 2.49. The third-order valence-corrected chi connectivity index (χ3v) is 6.54. The number of methoxy groups -OCH3 is 1. The number of hydrogen-bond acceptors (Lipinski definition) is 4. The Morgan fingerprint density at radius 1 is 1.23 bits per heavy atom. The van der Waals surface area contributed by atoms with Crippen LogP contribution in [0.2, 0.25) is 0 Å². The van der Waals surface area contributed by atoms with Gasteiger partial charge in [0.2, 0.25) is 0 Å². The monoisotopic (exact) mass is 416 g/mol. The zero-order valence-corrected chi connectivity index (χ0v) is 19.1. The molecular weight excluding hydrogens is 376 g/mol. The Labute approximate surface area is 182 Å². The molecule has 168 valence electrons. The van der Waals surface area contributed by atoms with Gasteiger partial charge in [0.15, 0.2) is 0 Å². The van der Waals surface area contributed by atoms with E-state index in [1.807, 2.05) is 12.2 Å². The molecule has 4 heteroatoms. The van der Waals surface area contributed by atoms with Crippen molar-refractivity contribution in [2.75, 3.05) is 7.11 Å².